The average Bonchev–Trinajstić information content (AvgIpc) is 3.31. The summed E-state index contributed by atoms with van der Waals surface area (Å²) in [4.78, 5) is 22.5. The predicted octanol–water partition coefficient (Wildman–Crippen LogP) is 3.21. The van der Waals surface area contributed by atoms with E-state index in [1.165, 1.54) is 53.1 Å². The molecule has 0 unspecified atom stereocenters. The fourth-order valence-corrected chi connectivity index (χ4v) is 4.98. The van der Waals surface area contributed by atoms with Gasteiger partial charge in [-0.2, -0.15) is 0 Å². The molecule has 4 aromatic rings. The van der Waals surface area contributed by atoms with Gasteiger partial charge in [0.1, 0.15) is 5.69 Å². The van der Waals surface area contributed by atoms with Crippen LogP contribution in [-0.2, 0) is 10.0 Å². The minimum atomic E-state index is -3.72. The number of nitrogens with one attached hydrogen (secondary N) is 2. The van der Waals surface area contributed by atoms with E-state index >= 15 is 0 Å². The lowest BCUT2D eigenvalue weighted by Crippen LogP contribution is -2.14. The summed E-state index contributed by atoms with van der Waals surface area (Å²) in [6.07, 6.45) is 5.08. The Hall–Kier alpha value is -2.76. The van der Waals surface area contributed by atoms with E-state index in [1.807, 2.05) is 13.1 Å². The first kappa shape index (κ1) is 17.6. The number of fused-ring (bicyclic) bond motifs is 1. The molecule has 0 atom stereocenters. The van der Waals surface area contributed by atoms with E-state index in [9.17, 15) is 13.2 Å². The normalized spacial score (nSPS) is 11.6. The van der Waals surface area contributed by atoms with Gasteiger partial charge in [-0.1, -0.05) is 0 Å². The zero-order valence-corrected chi connectivity index (χ0v) is 16.4. The topological polar surface area (TPSA) is 105 Å². The van der Waals surface area contributed by atoms with E-state index in [2.05, 4.69) is 20.0 Å². The van der Waals surface area contributed by atoms with Crippen molar-refractivity contribution in [3.05, 3.63) is 58.8 Å². The van der Waals surface area contributed by atoms with Crippen LogP contribution in [0.2, 0.25) is 0 Å². The smallest absolute Gasteiger partial charge is 0.275 e. The van der Waals surface area contributed by atoms with Crippen molar-refractivity contribution in [3.63, 3.8) is 0 Å². The number of anilines is 2. The van der Waals surface area contributed by atoms with Crippen LogP contribution in [0.15, 0.2) is 53.1 Å². The van der Waals surface area contributed by atoms with Crippen LogP contribution in [0.1, 0.15) is 15.4 Å². The van der Waals surface area contributed by atoms with Crippen LogP contribution < -0.4 is 10.0 Å². The lowest BCUT2D eigenvalue weighted by molar-refractivity contribution is 0.102. The van der Waals surface area contributed by atoms with Gasteiger partial charge in [0, 0.05) is 34.5 Å². The zero-order chi connectivity index (χ0) is 19.0. The monoisotopic (exact) mass is 419 g/mol. The molecule has 0 spiro atoms. The highest BCUT2D eigenvalue weighted by Crippen LogP contribution is 2.21. The second-order valence-electron chi connectivity index (χ2n) is 5.58. The summed E-state index contributed by atoms with van der Waals surface area (Å²) >= 11 is 2.69. The van der Waals surface area contributed by atoms with Crippen molar-refractivity contribution in [3.8, 4) is 0 Å². The van der Waals surface area contributed by atoms with Gasteiger partial charge in [-0.15, -0.1) is 22.7 Å². The van der Waals surface area contributed by atoms with Crippen molar-refractivity contribution in [2.45, 2.75) is 11.8 Å². The van der Waals surface area contributed by atoms with Gasteiger partial charge in [0.05, 0.1) is 4.90 Å². The predicted molar refractivity (Wildman–Crippen MR) is 105 cm³/mol. The first-order valence-corrected chi connectivity index (χ1v) is 10.9. The molecule has 1 aromatic carbocycles. The Morgan fingerprint density at radius 1 is 1.19 bits per heavy atom. The van der Waals surface area contributed by atoms with E-state index in [-0.39, 0.29) is 10.8 Å². The van der Waals surface area contributed by atoms with Crippen LogP contribution in [0, 0.1) is 6.92 Å². The molecule has 2 N–H and O–H groups in total. The molecule has 0 aliphatic rings. The van der Waals surface area contributed by atoms with Gasteiger partial charge >= 0.3 is 0 Å². The standard InChI is InChI=1S/C16H13N5O3S3/c1-10-8-21-9-13(19-16(21)26-10)14(22)18-11-2-4-12(5-3-11)27(23,24)20-15-17-6-7-25-15/h2-9H,1H3,(H,17,20)(H,18,22). The second-order valence-corrected chi connectivity index (χ2v) is 9.37. The van der Waals surface area contributed by atoms with Crippen LogP contribution in [0.5, 0.6) is 0 Å². The average molecular weight is 420 g/mol. The number of amides is 1. The lowest BCUT2D eigenvalue weighted by Gasteiger charge is -2.07. The number of sulfonamides is 1. The largest absolute Gasteiger partial charge is 0.321 e. The van der Waals surface area contributed by atoms with Crippen molar-refractivity contribution in [1.29, 1.82) is 0 Å². The Balaban J connectivity index is 1.48. The number of rotatable bonds is 5. The van der Waals surface area contributed by atoms with E-state index in [0.717, 1.165) is 9.84 Å². The van der Waals surface area contributed by atoms with Crippen LogP contribution in [-0.4, -0.2) is 28.7 Å². The number of carbonyl (C=O) groups excluding carboxylic acids is 1. The molecule has 1 amide bonds. The molecule has 0 aliphatic heterocycles. The SMILES string of the molecule is Cc1cn2cc(C(=O)Nc3ccc(S(=O)(=O)Nc4nccs4)cc3)nc2s1. The number of benzene rings is 1. The van der Waals surface area contributed by atoms with Gasteiger partial charge in [-0.3, -0.25) is 13.9 Å². The Bertz CT molecular complexity index is 1180. The molecule has 0 bridgehead atoms. The Morgan fingerprint density at radius 3 is 2.63 bits per heavy atom. The van der Waals surface area contributed by atoms with Gasteiger partial charge in [-0.05, 0) is 31.2 Å². The third-order valence-corrected chi connectivity index (χ3v) is 6.67. The summed E-state index contributed by atoms with van der Waals surface area (Å²) in [6, 6.07) is 5.88. The Morgan fingerprint density at radius 2 is 1.96 bits per heavy atom. The van der Waals surface area contributed by atoms with E-state index in [4.69, 9.17) is 0 Å². The quantitative estimate of drug-likeness (QED) is 0.517. The van der Waals surface area contributed by atoms with Gasteiger partial charge in [0.25, 0.3) is 15.9 Å². The van der Waals surface area contributed by atoms with Crippen LogP contribution in [0.25, 0.3) is 4.96 Å². The van der Waals surface area contributed by atoms with E-state index in [1.54, 1.807) is 16.0 Å². The number of thiazole rings is 2. The number of carbonyl (C=O) groups is 1. The minimum Gasteiger partial charge on any atom is -0.321 e. The molecule has 0 aliphatic carbocycles. The third kappa shape index (κ3) is 3.70. The van der Waals surface area contributed by atoms with E-state index < -0.39 is 10.0 Å². The van der Waals surface area contributed by atoms with Gasteiger partial charge in [0.2, 0.25) is 0 Å². The molecule has 8 nitrogen and oxygen atoms in total. The summed E-state index contributed by atoms with van der Waals surface area (Å²) in [5, 5.41) is 4.68. The van der Waals surface area contributed by atoms with Crippen molar-refractivity contribution in [2.24, 2.45) is 0 Å². The molecular formula is C16H13N5O3S3. The molecular weight excluding hydrogens is 406 g/mol. The number of aryl methyl sites for hydroxylation is 1. The number of nitrogens with zero attached hydrogens (tertiary/aromatic N) is 3. The lowest BCUT2D eigenvalue weighted by atomic mass is 10.3. The summed E-state index contributed by atoms with van der Waals surface area (Å²) in [5.41, 5.74) is 0.768. The Labute approximate surface area is 162 Å². The fraction of sp³-hybridized carbons (Fsp3) is 0.0625. The molecule has 0 saturated heterocycles. The second kappa shape index (κ2) is 6.76. The van der Waals surface area contributed by atoms with Crippen molar-refractivity contribution in [2.75, 3.05) is 10.0 Å². The van der Waals surface area contributed by atoms with E-state index in [0.29, 0.717) is 16.5 Å². The zero-order valence-electron chi connectivity index (χ0n) is 13.9. The highest BCUT2D eigenvalue weighted by molar-refractivity contribution is 7.93. The molecule has 27 heavy (non-hydrogen) atoms. The van der Waals surface area contributed by atoms with Gasteiger partial charge < -0.3 is 5.32 Å². The number of imidazole rings is 1. The molecule has 11 heteroatoms. The molecule has 3 heterocycles. The summed E-state index contributed by atoms with van der Waals surface area (Å²) in [5.74, 6) is -0.361. The molecule has 0 fully saturated rings. The molecule has 138 valence electrons. The van der Waals surface area contributed by atoms with Crippen molar-refractivity contribution in [1.82, 2.24) is 14.4 Å². The van der Waals surface area contributed by atoms with Crippen LogP contribution >= 0.6 is 22.7 Å². The van der Waals surface area contributed by atoms with Crippen LogP contribution in [0.4, 0.5) is 10.8 Å². The van der Waals surface area contributed by atoms with Gasteiger partial charge in [-0.25, -0.2) is 18.4 Å². The van der Waals surface area contributed by atoms with Gasteiger partial charge in [0.15, 0.2) is 10.1 Å². The van der Waals surface area contributed by atoms with Crippen molar-refractivity contribution >= 4 is 54.4 Å². The maximum atomic E-state index is 12.3. The highest BCUT2D eigenvalue weighted by atomic mass is 32.2. The summed E-state index contributed by atoms with van der Waals surface area (Å²) in [6.45, 7) is 1.97. The first-order chi connectivity index (χ1) is 12.9. The third-order valence-electron chi connectivity index (χ3n) is 3.58. The fourth-order valence-electron chi connectivity index (χ4n) is 2.38. The maximum Gasteiger partial charge on any atom is 0.275 e. The molecule has 3 aromatic heterocycles. The number of hydrogen-bond acceptors (Lipinski definition) is 7. The summed E-state index contributed by atoms with van der Waals surface area (Å²) in [7, 11) is -3.72. The molecule has 0 radical (unpaired) electrons. The molecule has 0 saturated carbocycles. The first-order valence-electron chi connectivity index (χ1n) is 7.69. The van der Waals surface area contributed by atoms with Crippen LogP contribution in [0.3, 0.4) is 0 Å². The highest BCUT2D eigenvalue weighted by Gasteiger charge is 2.16. The number of hydrogen-bond donors (Lipinski definition) is 2. The Kier molecular flexibility index (Phi) is 4.42. The summed E-state index contributed by atoms with van der Waals surface area (Å²) < 4.78 is 28.8. The maximum absolute atomic E-state index is 12.3. The number of aromatic nitrogens is 3. The molecule has 4 rings (SSSR count). The van der Waals surface area contributed by atoms with Crippen molar-refractivity contribution < 1.29 is 13.2 Å². The minimum absolute atomic E-state index is 0.0775.